The van der Waals surface area contributed by atoms with Crippen LogP contribution >= 0.6 is 0 Å². The van der Waals surface area contributed by atoms with Gasteiger partial charge in [0.2, 0.25) is 0 Å². The molecule has 9 nitrogen and oxygen atoms in total. The van der Waals surface area contributed by atoms with Gasteiger partial charge in [-0.05, 0) is 72.2 Å². The van der Waals surface area contributed by atoms with E-state index in [1.165, 1.54) is 0 Å². The fourth-order valence-corrected chi connectivity index (χ4v) is 6.61. The number of amidine groups is 1. The Balaban J connectivity index is 0.000000152. The Bertz CT molecular complexity index is 2400. The van der Waals surface area contributed by atoms with Gasteiger partial charge in [-0.15, -0.1) is 0 Å². The third-order valence-electron chi connectivity index (χ3n) is 9.83. The lowest BCUT2D eigenvalue weighted by Crippen LogP contribution is -2.33. The summed E-state index contributed by atoms with van der Waals surface area (Å²) in [5, 5.41) is 26.6. The highest BCUT2D eigenvalue weighted by Crippen LogP contribution is 2.49. The Kier molecular flexibility index (Phi) is 8.19. The molecule has 4 aromatic carbocycles. The van der Waals surface area contributed by atoms with Crippen LogP contribution in [0.15, 0.2) is 131 Å². The van der Waals surface area contributed by atoms with Gasteiger partial charge >= 0.3 is 0 Å². The van der Waals surface area contributed by atoms with Crippen molar-refractivity contribution in [2.24, 2.45) is 10.4 Å². The molecule has 1 unspecified atom stereocenters. The lowest BCUT2D eigenvalue weighted by atomic mass is 9.94. The second kappa shape index (κ2) is 13.1. The molecule has 6 aromatic rings. The normalized spacial score (nSPS) is 17.3. The third-order valence-corrected chi connectivity index (χ3v) is 9.83. The highest BCUT2D eigenvalue weighted by Gasteiger charge is 2.50. The van der Waals surface area contributed by atoms with E-state index in [0.29, 0.717) is 23.3 Å². The Morgan fingerprint density at radius 3 is 2.04 bits per heavy atom. The van der Waals surface area contributed by atoms with Crippen LogP contribution in [0.2, 0.25) is 0 Å². The van der Waals surface area contributed by atoms with Gasteiger partial charge in [0.1, 0.15) is 28.7 Å². The van der Waals surface area contributed by atoms with Crippen molar-refractivity contribution in [2.75, 3.05) is 5.32 Å². The van der Waals surface area contributed by atoms with Gasteiger partial charge < -0.3 is 10.3 Å². The van der Waals surface area contributed by atoms with Gasteiger partial charge in [0, 0.05) is 24.0 Å². The molecule has 9 rings (SSSR count). The van der Waals surface area contributed by atoms with E-state index in [1.807, 2.05) is 84.9 Å². The highest BCUT2D eigenvalue weighted by molar-refractivity contribution is 6.06. The van der Waals surface area contributed by atoms with E-state index in [4.69, 9.17) is 4.99 Å². The van der Waals surface area contributed by atoms with Crippen LogP contribution in [0.4, 0.5) is 5.69 Å². The van der Waals surface area contributed by atoms with Crippen LogP contribution in [0.5, 0.6) is 0 Å². The summed E-state index contributed by atoms with van der Waals surface area (Å²) >= 11 is 0. The number of aliphatic imine (C=N–C) groups is 1. The van der Waals surface area contributed by atoms with Crippen LogP contribution in [0.1, 0.15) is 48.9 Å². The predicted molar refractivity (Wildman–Crippen MR) is 198 cm³/mol. The zero-order chi connectivity index (χ0) is 34.8. The molecule has 3 N–H and O–H groups in total. The van der Waals surface area contributed by atoms with Gasteiger partial charge in [0.25, 0.3) is 5.56 Å². The SMILES string of the molecule is N#CC1(C2=NC(NCc3ccccn3)c3c(cccc3-c3ccccc3)N2)CC1.N#CC1(c2nc3cccc(-c4ccccc4)c3c(=O)[nH]2)CC1. The molecule has 248 valence electrons. The highest BCUT2D eigenvalue weighted by atomic mass is 16.1. The minimum absolute atomic E-state index is 0.180. The second-order valence-electron chi connectivity index (χ2n) is 13.2. The number of nitrogens with zero attached hydrogens (tertiary/aromatic N) is 5. The Morgan fingerprint density at radius 2 is 1.39 bits per heavy atom. The van der Waals surface area contributed by atoms with E-state index < -0.39 is 10.8 Å². The first-order valence-corrected chi connectivity index (χ1v) is 17.1. The number of hydrogen-bond acceptors (Lipinski definition) is 8. The lowest BCUT2D eigenvalue weighted by Gasteiger charge is -2.29. The van der Waals surface area contributed by atoms with Gasteiger partial charge in [-0.2, -0.15) is 10.5 Å². The minimum Gasteiger partial charge on any atom is -0.342 e. The minimum atomic E-state index is -0.587. The van der Waals surface area contributed by atoms with Crippen molar-refractivity contribution in [2.45, 2.75) is 43.8 Å². The molecule has 2 aliphatic carbocycles. The molecule has 0 amide bonds. The third kappa shape index (κ3) is 6.16. The van der Waals surface area contributed by atoms with Crippen LogP contribution in [0, 0.1) is 28.1 Å². The topological polar surface area (TPSA) is 143 Å². The van der Waals surface area contributed by atoms with Crippen molar-refractivity contribution in [3.63, 3.8) is 0 Å². The van der Waals surface area contributed by atoms with E-state index in [2.05, 4.69) is 68.1 Å². The molecule has 3 heterocycles. The summed E-state index contributed by atoms with van der Waals surface area (Å²) < 4.78 is 0. The summed E-state index contributed by atoms with van der Waals surface area (Å²) in [6.07, 6.45) is 4.79. The Labute approximate surface area is 295 Å². The van der Waals surface area contributed by atoms with Gasteiger partial charge in [-0.1, -0.05) is 91.0 Å². The largest absolute Gasteiger partial charge is 0.342 e. The summed E-state index contributed by atoms with van der Waals surface area (Å²) in [6, 6.07) is 42.6. The number of benzene rings is 4. The van der Waals surface area contributed by atoms with E-state index in [0.717, 1.165) is 70.7 Å². The van der Waals surface area contributed by atoms with Crippen molar-refractivity contribution in [1.29, 1.82) is 10.5 Å². The molecule has 51 heavy (non-hydrogen) atoms. The molecule has 2 fully saturated rings. The summed E-state index contributed by atoms with van der Waals surface area (Å²) in [5.74, 6) is 1.27. The van der Waals surface area contributed by atoms with Crippen molar-refractivity contribution >= 4 is 22.4 Å². The summed E-state index contributed by atoms with van der Waals surface area (Å²) in [6.45, 7) is 0.602. The van der Waals surface area contributed by atoms with Gasteiger partial charge in [0.05, 0.1) is 28.7 Å². The molecular weight excluding hydrogens is 633 g/mol. The molecule has 2 aromatic heterocycles. The van der Waals surface area contributed by atoms with Crippen molar-refractivity contribution in [3.05, 3.63) is 149 Å². The van der Waals surface area contributed by atoms with Crippen LogP contribution in [-0.2, 0) is 12.0 Å². The Morgan fingerprint density at radius 1 is 0.745 bits per heavy atom. The fraction of sp³-hybridized carbons (Fsp3) is 0.190. The van der Waals surface area contributed by atoms with E-state index in [-0.39, 0.29) is 11.7 Å². The maximum absolute atomic E-state index is 12.6. The second-order valence-corrected chi connectivity index (χ2v) is 13.2. The molecule has 3 aliphatic rings. The Hall–Kier alpha value is -6.42. The molecule has 1 atom stereocenters. The number of aromatic nitrogens is 3. The van der Waals surface area contributed by atoms with Crippen LogP contribution in [0.25, 0.3) is 33.2 Å². The van der Waals surface area contributed by atoms with Crippen LogP contribution in [0.3, 0.4) is 0 Å². The number of pyridine rings is 1. The number of nitriles is 2. The predicted octanol–water partition coefficient (Wildman–Crippen LogP) is 7.81. The average Bonchev–Trinajstić information content (AvgIpc) is 4.14. The quantitative estimate of drug-likeness (QED) is 0.158. The number of H-pyrrole nitrogens is 1. The molecule has 0 radical (unpaired) electrons. The number of hydrogen-bond donors (Lipinski definition) is 3. The maximum atomic E-state index is 12.6. The monoisotopic (exact) mass is 666 g/mol. The molecule has 2 saturated carbocycles. The summed E-state index contributed by atoms with van der Waals surface area (Å²) in [5.41, 5.74) is 6.61. The zero-order valence-electron chi connectivity index (χ0n) is 27.8. The standard InChI is InChI=1S/C24H21N5.C18H13N3O/c25-16-24(12-13-24)23-28-20-11-6-10-19(17-7-2-1-3-8-17)21(20)22(29-23)27-15-18-9-4-5-14-26-18;19-11-18(9-10-18)17-20-14-8-4-7-13(15(14)16(22)21-17)12-5-2-1-3-6-12/h1-11,14,22,27H,12-13,15H2,(H,28,29);1-8H,9-10H2,(H,20,21,22). The first-order valence-electron chi connectivity index (χ1n) is 17.1. The zero-order valence-corrected chi connectivity index (χ0v) is 27.8. The van der Waals surface area contributed by atoms with Gasteiger partial charge in [0.15, 0.2) is 0 Å². The number of nitrogens with one attached hydrogen (secondary N) is 3. The summed E-state index contributed by atoms with van der Waals surface area (Å²) in [4.78, 5) is 29.3. The van der Waals surface area contributed by atoms with Crippen molar-refractivity contribution in [1.82, 2.24) is 20.3 Å². The van der Waals surface area contributed by atoms with E-state index >= 15 is 0 Å². The van der Waals surface area contributed by atoms with E-state index in [1.54, 1.807) is 6.20 Å². The first-order chi connectivity index (χ1) is 25.0. The number of fused-ring (bicyclic) bond motifs is 2. The smallest absolute Gasteiger partial charge is 0.259 e. The number of anilines is 1. The molecule has 1 aliphatic heterocycles. The first kappa shape index (κ1) is 31.8. The van der Waals surface area contributed by atoms with Crippen LogP contribution < -0.4 is 16.2 Å². The average molecular weight is 667 g/mol. The number of aromatic amines is 1. The summed E-state index contributed by atoms with van der Waals surface area (Å²) in [7, 11) is 0. The van der Waals surface area contributed by atoms with Crippen molar-refractivity contribution < 1.29 is 0 Å². The fourth-order valence-electron chi connectivity index (χ4n) is 6.61. The van der Waals surface area contributed by atoms with Gasteiger partial charge in [-0.3, -0.25) is 15.1 Å². The number of rotatable bonds is 7. The maximum Gasteiger partial charge on any atom is 0.259 e. The van der Waals surface area contributed by atoms with Crippen LogP contribution in [-0.4, -0.2) is 20.8 Å². The molecule has 0 saturated heterocycles. The molecular formula is C42H34N8O. The molecule has 9 heteroatoms. The van der Waals surface area contributed by atoms with Crippen molar-refractivity contribution in [3.8, 4) is 34.4 Å². The van der Waals surface area contributed by atoms with E-state index in [9.17, 15) is 15.3 Å². The van der Waals surface area contributed by atoms with Gasteiger partial charge in [-0.25, -0.2) is 9.98 Å². The lowest BCUT2D eigenvalue weighted by molar-refractivity contribution is 0.543. The molecule has 0 bridgehead atoms. The molecule has 0 spiro atoms.